The molecule has 0 atom stereocenters. The van der Waals surface area contributed by atoms with Gasteiger partial charge in [0.2, 0.25) is 0 Å². The Balaban J connectivity index is 1.31. The molecular weight excluding hydrogens is 595 g/mol. The maximum atomic E-state index is 7.20. The molecule has 5 aromatic carbocycles. The lowest BCUT2D eigenvalue weighted by atomic mass is 9.34. The summed E-state index contributed by atoms with van der Waals surface area (Å²) >= 11 is 0. The quantitative estimate of drug-likeness (QED) is 0.164. The highest BCUT2D eigenvalue weighted by molar-refractivity contribution is 7.00. The van der Waals surface area contributed by atoms with E-state index >= 15 is 0 Å². The molecule has 49 heavy (non-hydrogen) atoms. The Hall–Kier alpha value is -4.44. The average Bonchev–Trinajstić information content (AvgIpc) is 3.56. The van der Waals surface area contributed by atoms with Crippen LogP contribution in [-0.4, -0.2) is 15.7 Å². The van der Waals surface area contributed by atoms with Gasteiger partial charge in [-0.1, -0.05) is 71.0 Å². The zero-order chi connectivity index (χ0) is 33.4. The second-order valence-corrected chi connectivity index (χ2v) is 17.9. The van der Waals surface area contributed by atoms with Gasteiger partial charge in [0.05, 0.1) is 16.6 Å². The van der Waals surface area contributed by atoms with Crippen molar-refractivity contribution in [3.63, 3.8) is 0 Å². The molecule has 1 fully saturated rings. The van der Waals surface area contributed by atoms with Crippen molar-refractivity contribution in [1.82, 2.24) is 8.97 Å². The fourth-order valence-corrected chi connectivity index (χ4v) is 10.6. The molecule has 4 heterocycles. The number of benzene rings is 5. The lowest BCUT2D eigenvalue weighted by Crippen LogP contribution is -2.59. The first-order chi connectivity index (χ1) is 23.4. The maximum Gasteiger partial charge on any atom is 0.259 e. The summed E-state index contributed by atoms with van der Waals surface area (Å²) in [5.41, 5.74) is 18.2. The fourth-order valence-electron chi connectivity index (χ4n) is 10.6. The van der Waals surface area contributed by atoms with Crippen molar-refractivity contribution in [1.29, 1.82) is 0 Å². The second-order valence-electron chi connectivity index (χ2n) is 17.9. The van der Waals surface area contributed by atoms with Crippen LogP contribution in [0.3, 0.4) is 0 Å². The number of imidazole rings is 1. The van der Waals surface area contributed by atoms with Crippen LogP contribution < -0.4 is 21.1 Å². The Labute approximate surface area is 289 Å². The molecule has 0 unspecified atom stereocenters. The zero-order valence-corrected chi connectivity index (χ0v) is 29.8. The van der Waals surface area contributed by atoms with Crippen molar-refractivity contribution in [3.8, 4) is 17.2 Å². The van der Waals surface area contributed by atoms with E-state index < -0.39 is 0 Å². The topological polar surface area (TPSA) is 18.6 Å². The molecule has 0 N–H and O–H groups in total. The van der Waals surface area contributed by atoms with Gasteiger partial charge >= 0.3 is 0 Å². The molecule has 2 aromatic heterocycles. The number of nitrogens with zero attached hydrogens (tertiary/aromatic N) is 2. The van der Waals surface area contributed by atoms with Gasteiger partial charge in [-0.3, -0.25) is 8.97 Å². The number of aromatic nitrogens is 2. The van der Waals surface area contributed by atoms with Crippen molar-refractivity contribution in [2.45, 2.75) is 91.4 Å². The Morgan fingerprint density at radius 3 is 2.06 bits per heavy atom. The van der Waals surface area contributed by atoms with Crippen molar-refractivity contribution in [3.05, 3.63) is 101 Å². The van der Waals surface area contributed by atoms with Crippen LogP contribution in [0, 0.1) is 19.3 Å². The third-order valence-electron chi connectivity index (χ3n) is 13.3. The third kappa shape index (κ3) is 3.55. The lowest BCUT2D eigenvalue weighted by Gasteiger charge is -2.52. The summed E-state index contributed by atoms with van der Waals surface area (Å²) in [6, 6.07) is 28.7. The largest absolute Gasteiger partial charge is 0.458 e. The van der Waals surface area contributed by atoms with Gasteiger partial charge in [-0.05, 0) is 159 Å². The molecule has 2 bridgehead atoms. The van der Waals surface area contributed by atoms with Gasteiger partial charge < -0.3 is 4.74 Å². The van der Waals surface area contributed by atoms with Crippen molar-refractivity contribution < 1.29 is 4.74 Å². The van der Waals surface area contributed by atoms with Crippen LogP contribution in [0.4, 0.5) is 0 Å². The highest BCUT2D eigenvalue weighted by atomic mass is 16.5. The molecule has 3 nitrogen and oxygen atoms in total. The summed E-state index contributed by atoms with van der Waals surface area (Å²) in [5.74, 6) is 2.10. The van der Waals surface area contributed by atoms with Gasteiger partial charge in [-0.2, -0.15) is 0 Å². The highest BCUT2D eigenvalue weighted by Crippen LogP contribution is 2.57. The predicted molar refractivity (Wildman–Crippen MR) is 206 cm³/mol. The Morgan fingerprint density at radius 2 is 1.37 bits per heavy atom. The molecule has 0 radical (unpaired) electrons. The van der Waals surface area contributed by atoms with Gasteiger partial charge in [0.1, 0.15) is 17.1 Å². The number of rotatable bonds is 1. The van der Waals surface area contributed by atoms with Crippen molar-refractivity contribution in [2.24, 2.45) is 5.41 Å². The monoisotopic (exact) mass is 638 g/mol. The Bertz CT molecular complexity index is 2650. The van der Waals surface area contributed by atoms with Crippen molar-refractivity contribution in [2.75, 3.05) is 0 Å². The molecule has 12 rings (SSSR count). The van der Waals surface area contributed by atoms with Gasteiger partial charge in [-0.15, -0.1) is 0 Å². The minimum Gasteiger partial charge on any atom is -0.458 e. The minimum atomic E-state index is 0.102. The number of hydrogen-bond donors (Lipinski definition) is 0. The van der Waals surface area contributed by atoms with E-state index in [1.54, 1.807) is 5.56 Å². The van der Waals surface area contributed by atoms with E-state index in [0.717, 1.165) is 17.9 Å². The van der Waals surface area contributed by atoms with E-state index in [-0.39, 0.29) is 23.0 Å². The van der Waals surface area contributed by atoms with Gasteiger partial charge in [0.25, 0.3) is 6.71 Å². The SMILES string of the molecule is Cc1cc2cc3c(cc2cc1C)n1c2ccccc2c2c1n3-c1cc(CC(C)(C)C)cc3c1B2c1cc2c(cc1O3)C1(C)CCC2(C)CC1. The lowest BCUT2D eigenvalue weighted by molar-refractivity contribution is 0.187. The first-order valence-electron chi connectivity index (χ1n) is 18.4. The van der Waals surface area contributed by atoms with Crippen LogP contribution in [0.2, 0.25) is 0 Å². The minimum absolute atomic E-state index is 0.102. The Kier molecular flexibility index (Phi) is 5.12. The van der Waals surface area contributed by atoms with Crippen LogP contribution in [0.25, 0.3) is 44.0 Å². The molecule has 0 spiro atoms. The van der Waals surface area contributed by atoms with E-state index in [1.807, 2.05) is 0 Å². The van der Waals surface area contributed by atoms with E-state index in [0.29, 0.717) is 0 Å². The highest BCUT2D eigenvalue weighted by Gasteiger charge is 2.50. The summed E-state index contributed by atoms with van der Waals surface area (Å²) in [7, 11) is 0. The van der Waals surface area contributed by atoms with E-state index in [4.69, 9.17) is 4.74 Å². The maximum absolute atomic E-state index is 7.20. The summed E-state index contributed by atoms with van der Waals surface area (Å²) in [6.07, 6.45) is 6.08. The molecule has 4 heteroatoms. The number of para-hydroxylation sites is 1. The van der Waals surface area contributed by atoms with Crippen LogP contribution >= 0.6 is 0 Å². The molecule has 0 saturated heterocycles. The van der Waals surface area contributed by atoms with Gasteiger partial charge in [0, 0.05) is 5.69 Å². The zero-order valence-electron chi connectivity index (χ0n) is 29.8. The molecular formula is C45H43BN2O. The number of hydrogen-bond acceptors (Lipinski definition) is 1. The third-order valence-corrected chi connectivity index (χ3v) is 13.3. The molecule has 3 aliphatic carbocycles. The van der Waals surface area contributed by atoms with Crippen LogP contribution in [0.15, 0.2) is 72.8 Å². The van der Waals surface area contributed by atoms with Gasteiger partial charge in [-0.25, -0.2) is 0 Å². The summed E-state index contributed by atoms with van der Waals surface area (Å²) in [6.45, 7) is 16.6. The predicted octanol–water partition coefficient (Wildman–Crippen LogP) is 9.43. The molecule has 242 valence electrons. The average molecular weight is 639 g/mol. The van der Waals surface area contributed by atoms with E-state index in [2.05, 4.69) is 130 Å². The molecule has 1 saturated carbocycles. The van der Waals surface area contributed by atoms with Gasteiger partial charge in [0.15, 0.2) is 0 Å². The van der Waals surface area contributed by atoms with E-state index in [9.17, 15) is 0 Å². The molecule has 7 aromatic rings. The number of ether oxygens (including phenoxy) is 1. The second kappa shape index (κ2) is 8.83. The van der Waals surface area contributed by atoms with E-state index in [1.165, 1.54) is 108 Å². The molecule has 2 aliphatic heterocycles. The molecule has 5 aliphatic rings. The number of fused-ring (bicyclic) bond motifs is 13. The van der Waals surface area contributed by atoms with Crippen LogP contribution in [-0.2, 0) is 17.3 Å². The fraction of sp³-hybridized carbons (Fsp3) is 0.333. The Morgan fingerprint density at radius 1 is 0.714 bits per heavy atom. The standard InChI is InChI=1S/C45H43BN2O/c1-25-16-28-20-35-36(21-29(28)17-26(25)2)48-37-18-27(24-43(3,4)5)19-39-41(37)46(40-30-10-8-9-11-34(30)47(35)42(40)48)33-22-31-32(23-38(33)49-39)45(7)14-12-44(31,6)13-15-45/h8-11,16-23H,12-15,24H2,1-7H3. The normalized spacial score (nSPS) is 21.8. The van der Waals surface area contributed by atoms with Crippen molar-refractivity contribution >= 4 is 61.5 Å². The first kappa shape index (κ1) is 28.4. The molecule has 0 amide bonds. The number of aryl methyl sites for hydroxylation is 2. The summed E-state index contributed by atoms with van der Waals surface area (Å²) in [4.78, 5) is 0. The summed E-state index contributed by atoms with van der Waals surface area (Å²) in [5, 5.41) is 3.94. The first-order valence-corrected chi connectivity index (χ1v) is 18.4. The smallest absolute Gasteiger partial charge is 0.259 e. The summed E-state index contributed by atoms with van der Waals surface area (Å²) < 4.78 is 12.4. The van der Waals surface area contributed by atoms with Crippen LogP contribution in [0.1, 0.15) is 88.1 Å². The van der Waals surface area contributed by atoms with Crippen LogP contribution in [0.5, 0.6) is 11.5 Å².